The van der Waals surface area contributed by atoms with E-state index in [9.17, 15) is 22.0 Å². The maximum Gasteiger partial charge on any atom is 0.303 e. The Hall–Kier alpha value is -2.92. The number of para-hydroxylation sites is 1. The van der Waals surface area contributed by atoms with Gasteiger partial charge in [0, 0.05) is 30.7 Å². The fourth-order valence-electron chi connectivity index (χ4n) is 2.65. The van der Waals surface area contributed by atoms with Crippen molar-refractivity contribution < 1.29 is 31.5 Å². The molecule has 166 valence electrons. The van der Waals surface area contributed by atoms with Crippen molar-refractivity contribution in [3.63, 3.8) is 0 Å². The van der Waals surface area contributed by atoms with Crippen molar-refractivity contribution in [3.8, 4) is 11.6 Å². The van der Waals surface area contributed by atoms with E-state index in [0.29, 0.717) is 25.9 Å². The maximum absolute atomic E-state index is 13.7. The highest BCUT2D eigenvalue weighted by molar-refractivity contribution is 7.93. The molecule has 0 aliphatic carbocycles. The first-order valence-electron chi connectivity index (χ1n) is 9.28. The summed E-state index contributed by atoms with van der Waals surface area (Å²) < 4.78 is 61.1. The van der Waals surface area contributed by atoms with Crippen molar-refractivity contribution in [1.82, 2.24) is 15.3 Å². The van der Waals surface area contributed by atoms with Crippen LogP contribution in [0.5, 0.6) is 11.6 Å². The van der Waals surface area contributed by atoms with Crippen LogP contribution in [-0.2, 0) is 20.5 Å². The van der Waals surface area contributed by atoms with E-state index in [2.05, 4.69) is 15.3 Å². The molecule has 0 radical (unpaired) electrons. The maximum atomic E-state index is 13.7. The minimum atomic E-state index is -3.41. The molecule has 8 nitrogen and oxygen atoms in total. The van der Waals surface area contributed by atoms with Crippen LogP contribution in [0.25, 0.3) is 0 Å². The van der Waals surface area contributed by atoms with Crippen molar-refractivity contribution in [2.75, 3.05) is 19.5 Å². The summed E-state index contributed by atoms with van der Waals surface area (Å²) in [6, 6.07) is 7.59. The Morgan fingerprint density at radius 2 is 2.00 bits per heavy atom. The zero-order valence-electron chi connectivity index (χ0n) is 16.8. The predicted octanol–water partition coefficient (Wildman–Crippen LogP) is 2.68. The first kappa shape index (κ1) is 22.8. The fraction of sp³-hybridized carbons (Fsp3) is 0.350. The molecule has 11 heteroatoms. The zero-order chi connectivity index (χ0) is 22.6. The minimum Gasteiger partial charge on any atom is -0.438 e. The third kappa shape index (κ3) is 6.28. The molecule has 1 saturated heterocycles. The van der Waals surface area contributed by atoms with Crippen LogP contribution in [0.4, 0.5) is 8.78 Å². The van der Waals surface area contributed by atoms with Crippen molar-refractivity contribution in [2.24, 2.45) is 5.92 Å². The van der Waals surface area contributed by atoms with E-state index in [-0.39, 0.29) is 17.4 Å². The summed E-state index contributed by atoms with van der Waals surface area (Å²) in [7, 11) is -3.41. The molecule has 1 aromatic heterocycles. The number of alkyl halides is 2. The molecule has 1 unspecified atom stereocenters. The fourth-order valence-corrected chi connectivity index (χ4v) is 3.11. The van der Waals surface area contributed by atoms with E-state index >= 15 is 0 Å². The van der Waals surface area contributed by atoms with Crippen molar-refractivity contribution in [1.29, 1.82) is 0 Å². The first-order valence-corrected chi connectivity index (χ1v) is 11.2. The Morgan fingerprint density at radius 3 is 2.55 bits per heavy atom. The monoisotopic (exact) mass is 453 g/mol. The average molecular weight is 453 g/mol. The Balaban J connectivity index is 1.91. The lowest BCUT2D eigenvalue weighted by atomic mass is 9.98. The summed E-state index contributed by atoms with van der Waals surface area (Å²) >= 11 is 0. The summed E-state index contributed by atoms with van der Waals surface area (Å²) in [5.41, 5.74) is -0.171. The number of amides is 1. The third-order valence-corrected chi connectivity index (χ3v) is 5.00. The van der Waals surface area contributed by atoms with E-state index in [1.807, 2.05) is 0 Å². The molecule has 31 heavy (non-hydrogen) atoms. The van der Waals surface area contributed by atoms with Gasteiger partial charge in [0.1, 0.15) is 11.3 Å². The molecule has 1 N–H and O–H groups in total. The van der Waals surface area contributed by atoms with Gasteiger partial charge in [-0.15, -0.1) is 0 Å². The van der Waals surface area contributed by atoms with Gasteiger partial charge in [0.15, 0.2) is 9.84 Å². The normalized spacial score (nSPS) is 16.0. The van der Waals surface area contributed by atoms with Crippen LogP contribution in [0.15, 0.2) is 48.0 Å². The van der Waals surface area contributed by atoms with Crippen LogP contribution in [0, 0.1) is 5.92 Å². The molecule has 0 spiro atoms. The van der Waals surface area contributed by atoms with Gasteiger partial charge in [-0.3, -0.25) is 4.79 Å². The summed E-state index contributed by atoms with van der Waals surface area (Å²) in [6.07, 6.45) is 3.35. The molecule has 1 fully saturated rings. The van der Waals surface area contributed by atoms with Gasteiger partial charge < -0.3 is 14.8 Å². The van der Waals surface area contributed by atoms with Gasteiger partial charge in [-0.05, 0) is 12.1 Å². The molecule has 1 aliphatic rings. The van der Waals surface area contributed by atoms with Crippen LogP contribution in [0.1, 0.15) is 23.1 Å². The first-order chi connectivity index (χ1) is 14.5. The number of sulfone groups is 1. The van der Waals surface area contributed by atoms with Gasteiger partial charge in [0.25, 0.3) is 5.91 Å². The molecule has 2 aromatic rings. The Bertz CT molecular complexity index is 1070. The molecule has 1 aliphatic heterocycles. The summed E-state index contributed by atoms with van der Waals surface area (Å²) in [4.78, 5) is 20.3. The minimum absolute atomic E-state index is 0.138. The highest BCUT2D eigenvalue weighted by Gasteiger charge is 2.32. The Labute approximate surface area is 178 Å². The number of ether oxygens (including phenoxy) is 2. The summed E-state index contributed by atoms with van der Waals surface area (Å²) in [5, 5.41) is 3.67. The lowest BCUT2D eigenvalue weighted by Gasteiger charge is -2.32. The van der Waals surface area contributed by atoms with Gasteiger partial charge in [0.05, 0.1) is 19.3 Å². The van der Waals surface area contributed by atoms with Crippen LogP contribution >= 0.6 is 0 Å². The van der Waals surface area contributed by atoms with E-state index < -0.39 is 33.5 Å². The number of rotatable bonds is 8. The van der Waals surface area contributed by atoms with Gasteiger partial charge in [-0.25, -0.2) is 13.4 Å². The second kappa shape index (κ2) is 9.06. The summed E-state index contributed by atoms with van der Waals surface area (Å²) in [5.74, 6) is -5.02. The molecule has 1 aromatic carbocycles. The number of aromatic nitrogens is 2. The summed E-state index contributed by atoms with van der Waals surface area (Å²) in [6.45, 7) is 1.31. The lowest BCUT2D eigenvalue weighted by Crippen LogP contribution is -2.47. The number of carbonyl (C=O) groups excluding carboxylic acids is 1. The van der Waals surface area contributed by atoms with E-state index in [4.69, 9.17) is 9.47 Å². The number of hydrogen-bond donors (Lipinski definition) is 1. The number of benzene rings is 1. The second-order valence-corrected chi connectivity index (χ2v) is 9.10. The third-order valence-electron chi connectivity index (χ3n) is 4.35. The van der Waals surface area contributed by atoms with Crippen molar-refractivity contribution in [2.45, 2.75) is 18.9 Å². The molecule has 1 atom stereocenters. The molecule has 1 amide bonds. The zero-order valence-corrected chi connectivity index (χ0v) is 17.6. The number of hydrogen-bond acceptors (Lipinski definition) is 7. The van der Waals surface area contributed by atoms with Gasteiger partial charge >= 0.3 is 5.92 Å². The Kier molecular flexibility index (Phi) is 6.65. The number of halogens is 2. The molecule has 0 bridgehead atoms. The smallest absolute Gasteiger partial charge is 0.303 e. The van der Waals surface area contributed by atoms with E-state index in [1.165, 1.54) is 6.08 Å². The lowest BCUT2D eigenvalue weighted by molar-refractivity contribution is -0.0410. The Morgan fingerprint density at radius 1 is 1.32 bits per heavy atom. The topological polar surface area (TPSA) is 107 Å². The van der Waals surface area contributed by atoms with Gasteiger partial charge in [-0.2, -0.15) is 13.8 Å². The van der Waals surface area contributed by atoms with Crippen molar-refractivity contribution in [3.05, 3.63) is 59.4 Å². The molecule has 2 heterocycles. The van der Waals surface area contributed by atoms with Gasteiger partial charge in [-0.1, -0.05) is 24.3 Å². The highest BCUT2D eigenvalue weighted by atomic mass is 32.2. The average Bonchev–Trinajstić information content (AvgIpc) is 2.64. The van der Waals surface area contributed by atoms with Crippen LogP contribution in [-0.4, -0.2) is 49.8 Å². The molecule has 3 rings (SSSR count). The molecular formula is C20H21F2N3O5S. The molecular weight excluding hydrogens is 432 g/mol. The van der Waals surface area contributed by atoms with Crippen molar-refractivity contribution >= 4 is 15.7 Å². The number of nitrogens with one attached hydrogen (secondary N) is 1. The largest absolute Gasteiger partial charge is 0.438 e. The SMILES string of the molecule is CC(F)(F)c1ncc(C(=O)NC(/C=C/S(C)(=O)=O)C2COC2)c(Oc2ccccc2)n1. The quantitative estimate of drug-likeness (QED) is 0.655. The number of nitrogens with zero attached hydrogens (tertiary/aromatic N) is 2. The van der Waals surface area contributed by atoms with E-state index in [0.717, 1.165) is 17.9 Å². The molecule has 0 saturated carbocycles. The number of carbonyl (C=O) groups is 1. The second-order valence-electron chi connectivity index (χ2n) is 7.17. The predicted molar refractivity (Wildman–Crippen MR) is 108 cm³/mol. The van der Waals surface area contributed by atoms with Crippen LogP contribution in [0.2, 0.25) is 0 Å². The van der Waals surface area contributed by atoms with E-state index in [1.54, 1.807) is 30.3 Å². The standard InChI is InChI=1S/C20H21F2N3O5S/c1-20(21,22)19-23-10-15(18(25-19)30-14-6-4-3-5-7-14)17(26)24-16(13-11-29-12-13)8-9-31(2,27)28/h3-10,13,16H,11-12H2,1-2H3,(H,24,26)/b9-8+. The van der Waals surface area contributed by atoms with Crippen LogP contribution in [0.3, 0.4) is 0 Å². The van der Waals surface area contributed by atoms with Gasteiger partial charge in [0.2, 0.25) is 11.7 Å². The highest BCUT2D eigenvalue weighted by Crippen LogP contribution is 2.29. The van der Waals surface area contributed by atoms with Crippen LogP contribution < -0.4 is 10.1 Å².